The molecule has 1 amide bonds. The van der Waals surface area contributed by atoms with Gasteiger partial charge in [0.25, 0.3) is 5.91 Å². The lowest BCUT2D eigenvalue weighted by atomic mass is 9.97. The van der Waals surface area contributed by atoms with Gasteiger partial charge in [-0.3, -0.25) is 4.79 Å². The third-order valence-corrected chi connectivity index (χ3v) is 5.67. The maximum absolute atomic E-state index is 12.9. The minimum absolute atomic E-state index is 0.107. The number of hydrogen-bond donors (Lipinski definition) is 1. The number of carbonyl (C=O) groups excluding carboxylic acids is 1. The Hall–Kier alpha value is -3.31. The molecular formula is C26H29N3O2. The van der Waals surface area contributed by atoms with E-state index in [-0.39, 0.29) is 5.91 Å². The molecule has 0 bridgehead atoms. The topological polar surface area (TPSA) is 44.8 Å². The first-order valence-corrected chi connectivity index (χ1v) is 10.6. The maximum Gasteiger partial charge on any atom is 0.255 e. The van der Waals surface area contributed by atoms with Crippen LogP contribution in [0.15, 0.2) is 66.7 Å². The van der Waals surface area contributed by atoms with Gasteiger partial charge in [-0.1, -0.05) is 18.2 Å². The Morgan fingerprint density at radius 3 is 2.42 bits per heavy atom. The molecule has 3 aromatic carbocycles. The van der Waals surface area contributed by atoms with Crippen LogP contribution >= 0.6 is 0 Å². The van der Waals surface area contributed by atoms with Crippen LogP contribution in [0.3, 0.4) is 0 Å². The van der Waals surface area contributed by atoms with Crippen molar-refractivity contribution in [1.29, 1.82) is 0 Å². The fraction of sp³-hybridized carbons (Fsp3) is 0.269. The summed E-state index contributed by atoms with van der Waals surface area (Å²) >= 11 is 0. The molecule has 3 aromatic rings. The maximum atomic E-state index is 12.9. The summed E-state index contributed by atoms with van der Waals surface area (Å²) in [6.45, 7) is 5.38. The summed E-state index contributed by atoms with van der Waals surface area (Å²) in [5.41, 5.74) is 7.04. The molecule has 5 heteroatoms. The summed E-state index contributed by atoms with van der Waals surface area (Å²) in [5, 5.41) is 3.03. The first-order chi connectivity index (χ1) is 15.0. The average Bonchev–Trinajstić information content (AvgIpc) is 2.80. The molecule has 0 radical (unpaired) electrons. The Bertz CT molecular complexity index is 1050. The number of hydrogen-bond acceptors (Lipinski definition) is 4. The molecule has 5 nitrogen and oxygen atoms in total. The van der Waals surface area contributed by atoms with E-state index in [0.717, 1.165) is 60.1 Å². The van der Waals surface area contributed by atoms with Crippen molar-refractivity contribution < 1.29 is 9.53 Å². The van der Waals surface area contributed by atoms with Crippen LogP contribution in [-0.2, 0) is 4.74 Å². The number of anilines is 3. The summed E-state index contributed by atoms with van der Waals surface area (Å²) < 4.78 is 5.41. The summed E-state index contributed by atoms with van der Waals surface area (Å²) in [4.78, 5) is 17.3. The van der Waals surface area contributed by atoms with Gasteiger partial charge in [0.05, 0.1) is 13.2 Å². The van der Waals surface area contributed by atoms with Crippen LogP contribution in [0.5, 0.6) is 0 Å². The Morgan fingerprint density at radius 1 is 0.968 bits per heavy atom. The second-order valence-electron chi connectivity index (χ2n) is 8.07. The minimum atomic E-state index is -0.107. The zero-order chi connectivity index (χ0) is 21.8. The SMILES string of the molecule is Cc1ccc(C(=O)Nc2ccc(N3CCOCC3)cc2)cc1-c1cccc(N(C)C)c1. The molecule has 0 spiro atoms. The zero-order valence-electron chi connectivity index (χ0n) is 18.4. The molecule has 1 aliphatic rings. The van der Waals surface area contributed by atoms with Gasteiger partial charge < -0.3 is 19.9 Å². The molecule has 0 saturated carbocycles. The van der Waals surface area contributed by atoms with Crippen molar-refractivity contribution in [2.45, 2.75) is 6.92 Å². The van der Waals surface area contributed by atoms with E-state index in [9.17, 15) is 4.79 Å². The van der Waals surface area contributed by atoms with Gasteiger partial charge in [0.2, 0.25) is 0 Å². The van der Waals surface area contributed by atoms with Crippen molar-refractivity contribution in [3.05, 3.63) is 77.9 Å². The lowest BCUT2D eigenvalue weighted by Gasteiger charge is -2.28. The van der Waals surface area contributed by atoms with Gasteiger partial charge in [-0.05, 0) is 72.1 Å². The van der Waals surface area contributed by atoms with Crippen LogP contribution < -0.4 is 15.1 Å². The quantitative estimate of drug-likeness (QED) is 0.649. The Labute approximate surface area is 184 Å². The first kappa shape index (κ1) is 20.9. The molecule has 31 heavy (non-hydrogen) atoms. The molecule has 0 aliphatic carbocycles. The number of rotatable bonds is 5. The van der Waals surface area contributed by atoms with E-state index in [2.05, 4.69) is 40.2 Å². The summed E-state index contributed by atoms with van der Waals surface area (Å²) in [6.07, 6.45) is 0. The second-order valence-corrected chi connectivity index (χ2v) is 8.07. The van der Waals surface area contributed by atoms with Crippen LogP contribution in [0.25, 0.3) is 11.1 Å². The molecule has 1 saturated heterocycles. The normalized spacial score (nSPS) is 13.7. The zero-order valence-corrected chi connectivity index (χ0v) is 18.4. The first-order valence-electron chi connectivity index (χ1n) is 10.6. The smallest absolute Gasteiger partial charge is 0.255 e. The van der Waals surface area contributed by atoms with Crippen LogP contribution in [-0.4, -0.2) is 46.3 Å². The Balaban J connectivity index is 1.51. The lowest BCUT2D eigenvalue weighted by molar-refractivity contribution is 0.102. The van der Waals surface area contributed by atoms with Gasteiger partial charge in [-0.2, -0.15) is 0 Å². The summed E-state index contributed by atoms with van der Waals surface area (Å²) in [7, 11) is 4.06. The van der Waals surface area contributed by atoms with E-state index in [1.807, 2.05) is 62.6 Å². The predicted molar refractivity (Wildman–Crippen MR) is 128 cm³/mol. The van der Waals surface area contributed by atoms with E-state index >= 15 is 0 Å². The molecule has 1 aliphatic heterocycles. The second kappa shape index (κ2) is 9.23. The van der Waals surface area contributed by atoms with Crippen LogP contribution in [0.4, 0.5) is 17.1 Å². The van der Waals surface area contributed by atoms with Crippen molar-refractivity contribution in [2.75, 3.05) is 55.5 Å². The monoisotopic (exact) mass is 415 g/mol. The van der Waals surface area contributed by atoms with E-state index in [0.29, 0.717) is 5.56 Å². The minimum Gasteiger partial charge on any atom is -0.378 e. The highest BCUT2D eigenvalue weighted by Gasteiger charge is 2.13. The van der Waals surface area contributed by atoms with Crippen LogP contribution in [0.2, 0.25) is 0 Å². The molecule has 1 heterocycles. The van der Waals surface area contributed by atoms with Crippen molar-refractivity contribution in [3.8, 4) is 11.1 Å². The lowest BCUT2D eigenvalue weighted by Crippen LogP contribution is -2.36. The van der Waals surface area contributed by atoms with Crippen LogP contribution in [0.1, 0.15) is 15.9 Å². The molecule has 4 rings (SSSR count). The van der Waals surface area contributed by atoms with E-state index in [4.69, 9.17) is 4.74 Å². The summed E-state index contributed by atoms with van der Waals surface area (Å²) in [6, 6.07) is 22.2. The van der Waals surface area contributed by atoms with Crippen molar-refractivity contribution >= 4 is 23.0 Å². The number of aryl methyl sites for hydroxylation is 1. The van der Waals surface area contributed by atoms with Gasteiger partial charge in [0, 0.05) is 49.8 Å². The van der Waals surface area contributed by atoms with E-state index in [1.54, 1.807) is 0 Å². The molecular weight excluding hydrogens is 386 g/mol. The fourth-order valence-electron chi connectivity index (χ4n) is 3.81. The van der Waals surface area contributed by atoms with Crippen molar-refractivity contribution in [1.82, 2.24) is 0 Å². The third kappa shape index (κ3) is 4.89. The Kier molecular flexibility index (Phi) is 6.23. The number of ether oxygens (including phenoxy) is 1. The van der Waals surface area contributed by atoms with Gasteiger partial charge in [-0.15, -0.1) is 0 Å². The molecule has 1 fully saturated rings. The highest BCUT2D eigenvalue weighted by Crippen LogP contribution is 2.28. The molecule has 0 aromatic heterocycles. The van der Waals surface area contributed by atoms with Gasteiger partial charge in [0.1, 0.15) is 0 Å². The third-order valence-electron chi connectivity index (χ3n) is 5.67. The number of nitrogens with zero attached hydrogens (tertiary/aromatic N) is 2. The van der Waals surface area contributed by atoms with E-state index < -0.39 is 0 Å². The number of morpholine rings is 1. The fourth-order valence-corrected chi connectivity index (χ4v) is 3.81. The van der Waals surface area contributed by atoms with Gasteiger partial charge >= 0.3 is 0 Å². The van der Waals surface area contributed by atoms with Gasteiger partial charge in [-0.25, -0.2) is 0 Å². The largest absolute Gasteiger partial charge is 0.378 e. The summed E-state index contributed by atoms with van der Waals surface area (Å²) in [5.74, 6) is -0.107. The average molecular weight is 416 g/mol. The van der Waals surface area contributed by atoms with Gasteiger partial charge in [0.15, 0.2) is 0 Å². The number of carbonyl (C=O) groups is 1. The number of amides is 1. The molecule has 0 atom stereocenters. The van der Waals surface area contributed by atoms with E-state index in [1.165, 1.54) is 0 Å². The van der Waals surface area contributed by atoms with Crippen molar-refractivity contribution in [3.63, 3.8) is 0 Å². The molecule has 1 N–H and O–H groups in total. The molecule has 0 unspecified atom stereocenters. The van der Waals surface area contributed by atoms with Crippen molar-refractivity contribution in [2.24, 2.45) is 0 Å². The van der Waals surface area contributed by atoms with Crippen LogP contribution in [0, 0.1) is 6.92 Å². The standard InChI is InChI=1S/C26H29N3O2/c1-19-7-8-21(18-25(19)20-5-4-6-24(17-20)28(2)3)26(30)27-22-9-11-23(12-10-22)29-13-15-31-16-14-29/h4-12,17-18H,13-16H2,1-3H3,(H,27,30). The number of benzene rings is 3. The highest BCUT2D eigenvalue weighted by molar-refractivity contribution is 6.05. The predicted octanol–water partition coefficient (Wildman–Crippen LogP) is 4.82. The molecule has 160 valence electrons. The Morgan fingerprint density at radius 2 is 1.71 bits per heavy atom. The highest BCUT2D eigenvalue weighted by atomic mass is 16.5. The number of nitrogens with one attached hydrogen (secondary N) is 1.